The van der Waals surface area contributed by atoms with E-state index in [0.717, 1.165) is 25.3 Å². The predicted octanol–water partition coefficient (Wildman–Crippen LogP) is 2.90. The van der Waals surface area contributed by atoms with Crippen molar-refractivity contribution in [2.45, 2.75) is 6.54 Å². The second-order valence-electron chi connectivity index (χ2n) is 5.62. The Kier molecular flexibility index (Phi) is 5.23. The van der Waals surface area contributed by atoms with Crippen molar-refractivity contribution in [2.75, 3.05) is 37.0 Å². The summed E-state index contributed by atoms with van der Waals surface area (Å²) in [6.07, 6.45) is 0. The number of amides is 1. The van der Waals surface area contributed by atoms with E-state index in [0.29, 0.717) is 23.0 Å². The molecule has 0 aliphatic carbocycles. The summed E-state index contributed by atoms with van der Waals surface area (Å²) in [6, 6.07) is 13.4. The molecule has 1 heterocycles. The van der Waals surface area contributed by atoms with Crippen molar-refractivity contribution in [2.24, 2.45) is 0 Å². The van der Waals surface area contributed by atoms with E-state index in [4.69, 9.17) is 16.3 Å². The molecule has 1 aliphatic heterocycles. The minimum atomic E-state index is -0.0760. The molecule has 126 valence electrons. The van der Waals surface area contributed by atoms with E-state index >= 15 is 0 Å². The highest BCUT2D eigenvalue weighted by Gasteiger charge is 2.17. The van der Waals surface area contributed by atoms with Crippen LogP contribution in [0.15, 0.2) is 42.5 Å². The maximum atomic E-state index is 12.4. The molecule has 0 bridgehead atoms. The molecule has 0 aromatic heterocycles. The van der Waals surface area contributed by atoms with Gasteiger partial charge < -0.3 is 20.3 Å². The fourth-order valence-electron chi connectivity index (χ4n) is 2.81. The number of anilines is 2. The zero-order valence-corrected chi connectivity index (χ0v) is 14.3. The number of para-hydroxylation sites is 1. The first kappa shape index (κ1) is 16.6. The number of halogens is 1. The quantitative estimate of drug-likeness (QED) is 0.894. The van der Waals surface area contributed by atoms with Crippen LogP contribution in [0.2, 0.25) is 5.02 Å². The number of carbonyl (C=O) groups excluding carboxylic acids is 1. The number of methoxy groups -OCH3 is 1. The van der Waals surface area contributed by atoms with Gasteiger partial charge in [0.15, 0.2) is 0 Å². The lowest BCUT2D eigenvalue weighted by Gasteiger charge is -2.24. The van der Waals surface area contributed by atoms with Crippen LogP contribution in [0.3, 0.4) is 0 Å². The first-order valence-electron chi connectivity index (χ1n) is 7.84. The van der Waals surface area contributed by atoms with Crippen LogP contribution < -0.4 is 20.3 Å². The van der Waals surface area contributed by atoms with E-state index in [2.05, 4.69) is 27.7 Å². The Bertz CT molecular complexity index is 736. The van der Waals surface area contributed by atoms with E-state index < -0.39 is 0 Å². The third-order valence-electron chi connectivity index (χ3n) is 3.98. The number of nitrogens with one attached hydrogen (secondary N) is 2. The monoisotopic (exact) mass is 345 g/mol. The molecule has 0 saturated heterocycles. The maximum absolute atomic E-state index is 12.4. The van der Waals surface area contributed by atoms with Crippen LogP contribution in [0.25, 0.3) is 0 Å². The Morgan fingerprint density at radius 3 is 2.96 bits per heavy atom. The zero-order chi connectivity index (χ0) is 16.9. The third-order valence-corrected chi connectivity index (χ3v) is 4.27. The number of fused-ring (bicyclic) bond motifs is 1. The molecule has 3 rings (SSSR count). The summed E-state index contributed by atoms with van der Waals surface area (Å²) in [4.78, 5) is 14.5. The van der Waals surface area contributed by atoms with Crippen LogP contribution in [-0.2, 0) is 11.3 Å². The van der Waals surface area contributed by atoms with E-state index in [1.54, 1.807) is 25.3 Å². The highest BCUT2D eigenvalue weighted by Crippen LogP contribution is 2.27. The molecule has 0 unspecified atom stereocenters. The molecule has 5 nitrogen and oxygen atoms in total. The van der Waals surface area contributed by atoms with Gasteiger partial charge in [0.05, 0.1) is 18.7 Å². The first-order chi connectivity index (χ1) is 11.7. The Morgan fingerprint density at radius 1 is 1.33 bits per heavy atom. The number of rotatable bonds is 4. The maximum Gasteiger partial charge on any atom is 0.243 e. The van der Waals surface area contributed by atoms with Crippen LogP contribution in [0.5, 0.6) is 5.75 Å². The number of hydrogen-bond donors (Lipinski definition) is 2. The van der Waals surface area contributed by atoms with Gasteiger partial charge in [0.2, 0.25) is 5.91 Å². The normalized spacial score (nSPS) is 13.8. The van der Waals surface area contributed by atoms with Gasteiger partial charge in [0.25, 0.3) is 0 Å². The van der Waals surface area contributed by atoms with Gasteiger partial charge in [-0.3, -0.25) is 4.79 Å². The summed E-state index contributed by atoms with van der Waals surface area (Å²) in [7, 11) is 1.56. The molecule has 2 N–H and O–H groups in total. The van der Waals surface area contributed by atoms with Gasteiger partial charge in [0.1, 0.15) is 5.75 Å². The molecular formula is C18H20ClN3O2. The number of ether oxygens (including phenoxy) is 1. The largest absolute Gasteiger partial charge is 0.495 e. The van der Waals surface area contributed by atoms with Gasteiger partial charge >= 0.3 is 0 Å². The van der Waals surface area contributed by atoms with E-state index in [1.165, 1.54) is 5.56 Å². The molecule has 0 radical (unpaired) electrons. The molecule has 0 atom stereocenters. The second-order valence-corrected chi connectivity index (χ2v) is 6.03. The van der Waals surface area contributed by atoms with Crippen LogP contribution >= 0.6 is 11.6 Å². The van der Waals surface area contributed by atoms with Crippen LogP contribution in [-0.4, -0.2) is 32.7 Å². The Balaban J connectivity index is 1.70. The minimum absolute atomic E-state index is 0.0760. The van der Waals surface area contributed by atoms with Crippen molar-refractivity contribution in [1.82, 2.24) is 5.32 Å². The summed E-state index contributed by atoms with van der Waals surface area (Å²) in [5.41, 5.74) is 2.97. The van der Waals surface area contributed by atoms with Gasteiger partial charge in [0, 0.05) is 31.0 Å². The topological polar surface area (TPSA) is 53.6 Å². The van der Waals surface area contributed by atoms with Crippen molar-refractivity contribution < 1.29 is 9.53 Å². The number of nitrogens with zero attached hydrogens (tertiary/aromatic N) is 1. The molecule has 0 saturated carbocycles. The van der Waals surface area contributed by atoms with Crippen molar-refractivity contribution in [3.63, 3.8) is 0 Å². The first-order valence-corrected chi connectivity index (χ1v) is 8.22. The molecule has 2 aromatic rings. The van der Waals surface area contributed by atoms with Crippen LogP contribution in [0.4, 0.5) is 11.4 Å². The van der Waals surface area contributed by atoms with Gasteiger partial charge in [-0.1, -0.05) is 29.8 Å². The Labute approximate surface area is 146 Å². The molecule has 0 fully saturated rings. The summed E-state index contributed by atoms with van der Waals surface area (Å²) >= 11 is 6.10. The van der Waals surface area contributed by atoms with Crippen molar-refractivity contribution >= 4 is 28.9 Å². The lowest BCUT2D eigenvalue weighted by molar-refractivity contribution is -0.115. The SMILES string of the molecule is COc1ccc(NC(=O)CN2CCNCc3ccccc32)cc1Cl. The third kappa shape index (κ3) is 3.80. The van der Waals surface area contributed by atoms with Gasteiger partial charge in [-0.15, -0.1) is 0 Å². The lowest BCUT2D eigenvalue weighted by atomic mass is 10.1. The smallest absolute Gasteiger partial charge is 0.243 e. The molecule has 1 aliphatic rings. The van der Waals surface area contributed by atoms with E-state index in [9.17, 15) is 4.79 Å². The fraction of sp³-hybridized carbons (Fsp3) is 0.278. The Hall–Kier alpha value is -2.24. The van der Waals surface area contributed by atoms with Crippen LogP contribution in [0.1, 0.15) is 5.56 Å². The number of carbonyl (C=O) groups is 1. The van der Waals surface area contributed by atoms with Crippen molar-refractivity contribution in [3.8, 4) is 5.75 Å². The average Bonchev–Trinajstić information content (AvgIpc) is 2.78. The molecule has 24 heavy (non-hydrogen) atoms. The fourth-order valence-corrected chi connectivity index (χ4v) is 3.07. The average molecular weight is 346 g/mol. The highest BCUT2D eigenvalue weighted by atomic mass is 35.5. The van der Waals surface area contributed by atoms with Crippen molar-refractivity contribution in [3.05, 3.63) is 53.1 Å². The number of benzene rings is 2. The number of hydrogen-bond acceptors (Lipinski definition) is 4. The molecule has 0 spiro atoms. The Morgan fingerprint density at radius 2 is 2.17 bits per heavy atom. The zero-order valence-electron chi connectivity index (χ0n) is 13.5. The minimum Gasteiger partial charge on any atom is -0.495 e. The lowest BCUT2D eigenvalue weighted by Crippen LogP contribution is -2.36. The molecule has 6 heteroatoms. The summed E-state index contributed by atoms with van der Waals surface area (Å²) in [5.74, 6) is 0.509. The van der Waals surface area contributed by atoms with E-state index in [-0.39, 0.29) is 5.91 Å². The molecular weight excluding hydrogens is 326 g/mol. The summed E-state index contributed by atoms with van der Waals surface area (Å²) in [6.45, 7) is 2.74. The van der Waals surface area contributed by atoms with Gasteiger partial charge in [-0.05, 0) is 29.8 Å². The predicted molar refractivity (Wildman–Crippen MR) is 97.0 cm³/mol. The molecule has 1 amide bonds. The summed E-state index contributed by atoms with van der Waals surface area (Å²) in [5, 5.41) is 6.74. The van der Waals surface area contributed by atoms with Gasteiger partial charge in [-0.25, -0.2) is 0 Å². The van der Waals surface area contributed by atoms with Crippen LogP contribution in [0, 0.1) is 0 Å². The van der Waals surface area contributed by atoms with Crippen molar-refractivity contribution in [1.29, 1.82) is 0 Å². The summed E-state index contributed by atoms with van der Waals surface area (Å²) < 4.78 is 5.12. The second kappa shape index (κ2) is 7.55. The molecule has 2 aromatic carbocycles. The standard InChI is InChI=1S/C18H20ClN3O2/c1-24-17-7-6-14(10-15(17)19)21-18(23)12-22-9-8-20-11-13-4-2-3-5-16(13)22/h2-7,10,20H,8-9,11-12H2,1H3,(H,21,23). The highest BCUT2D eigenvalue weighted by molar-refractivity contribution is 6.32. The van der Waals surface area contributed by atoms with Gasteiger partial charge in [-0.2, -0.15) is 0 Å². The van der Waals surface area contributed by atoms with E-state index in [1.807, 2.05) is 12.1 Å².